The maximum Gasteiger partial charge on any atom is 0.277 e. The Labute approximate surface area is 363 Å². The fourth-order valence-corrected chi connectivity index (χ4v) is 7.86. The van der Waals surface area contributed by atoms with Crippen LogP contribution in [0.1, 0.15) is 46.2 Å². The number of carbonyl (C=O) groups excluding carboxylic acids is 2. The standard InChI is InChI=1S/2C21H17BrFN3O3.Cu/c2*22-17-5-7-19(16-3-1-2-15(16)17)29-11-20(27)26-24-10-13-8-12-9-14(23)4-6-18(12)25-21(13)28;/h2*4-10H,1-3,11H2,(H,25,28)(H,26,27);/b2*24-10+;. The molecule has 8 rings (SSSR count). The summed E-state index contributed by atoms with van der Waals surface area (Å²) in [5, 5.41) is 28.6. The van der Waals surface area contributed by atoms with Crippen LogP contribution in [0, 0.1) is 11.6 Å². The monoisotopic (exact) mass is 977 g/mol. The van der Waals surface area contributed by atoms with Crippen LogP contribution in [-0.2, 0) is 52.3 Å². The van der Waals surface area contributed by atoms with E-state index < -0.39 is 23.4 Å². The average Bonchev–Trinajstić information content (AvgIpc) is 3.91. The largest absolute Gasteiger partial charge is 0.493 e. The number of fused-ring (bicyclic) bond motifs is 4. The summed E-state index contributed by atoms with van der Waals surface area (Å²) >= 11 is 7.08. The molecule has 4 N–H and O–H groups in total. The van der Waals surface area contributed by atoms with Gasteiger partial charge in [-0.3, -0.25) is 9.59 Å². The van der Waals surface area contributed by atoms with Crippen LogP contribution in [0.2, 0.25) is 0 Å². The fraction of sp³-hybridized carbons (Fsp3) is 0.190. The van der Waals surface area contributed by atoms with Crippen molar-refractivity contribution in [1.29, 1.82) is 0 Å². The molecule has 0 fully saturated rings. The van der Waals surface area contributed by atoms with Crippen LogP contribution in [0.5, 0.6) is 23.3 Å². The molecule has 307 valence electrons. The number of hydrogen-bond acceptors (Lipinski definition) is 10. The molecule has 4 aromatic carbocycles. The van der Waals surface area contributed by atoms with Crippen LogP contribution in [0.3, 0.4) is 0 Å². The van der Waals surface area contributed by atoms with E-state index in [1.54, 1.807) is 0 Å². The van der Waals surface area contributed by atoms with Crippen molar-refractivity contribution in [3.8, 4) is 23.3 Å². The van der Waals surface area contributed by atoms with Crippen molar-refractivity contribution in [2.24, 2.45) is 10.2 Å². The van der Waals surface area contributed by atoms with Crippen LogP contribution in [0.4, 0.5) is 8.78 Å². The number of amides is 2. The molecule has 2 amide bonds. The van der Waals surface area contributed by atoms with Gasteiger partial charge in [-0.15, -0.1) is 0 Å². The number of halogens is 4. The summed E-state index contributed by atoms with van der Waals surface area (Å²) in [4.78, 5) is 32.0. The van der Waals surface area contributed by atoms with E-state index in [1.165, 1.54) is 72.1 Å². The summed E-state index contributed by atoms with van der Waals surface area (Å²) in [5.41, 5.74) is 10.9. The Morgan fingerprint density at radius 3 is 1.47 bits per heavy atom. The topological polar surface area (TPSA) is 168 Å². The van der Waals surface area contributed by atoms with Gasteiger partial charge in [-0.2, -0.15) is 10.2 Å². The fourth-order valence-electron chi connectivity index (χ4n) is 6.72. The first-order valence-electron chi connectivity index (χ1n) is 18.1. The third kappa shape index (κ3) is 10.6. The number of hydrazone groups is 2. The zero-order chi connectivity index (χ0) is 40.8. The zero-order valence-electron chi connectivity index (χ0n) is 30.9. The summed E-state index contributed by atoms with van der Waals surface area (Å²) in [6.07, 6.45) is 8.49. The van der Waals surface area contributed by atoms with Crippen LogP contribution in [-0.4, -0.2) is 57.6 Å². The number of aromatic hydroxyl groups is 2. The third-order valence-corrected chi connectivity index (χ3v) is 10.9. The summed E-state index contributed by atoms with van der Waals surface area (Å²) in [6.45, 7) is -0.364. The number of aromatic nitrogens is 2. The molecule has 17 heteroatoms. The van der Waals surface area contributed by atoms with Gasteiger partial charge in [0.1, 0.15) is 23.1 Å². The number of rotatable bonds is 10. The number of ether oxygens (including phenoxy) is 2. The Balaban J connectivity index is 0.000000195. The number of nitrogens with zero attached hydrogens (tertiary/aromatic N) is 4. The SMILES string of the molecule is O=C(COc1ccc(Br)c2c1CCC2)N/N=C/c1cc2cc(F)ccc2nc1O.O=C(COc1ccc(Br)c2c1CCC2)N/N=C/c1cc2cc(F)ccc2nc1O.[Cu]. The van der Waals surface area contributed by atoms with E-state index >= 15 is 0 Å². The second-order valence-electron chi connectivity index (χ2n) is 13.4. The predicted molar refractivity (Wildman–Crippen MR) is 222 cm³/mol. The molecule has 0 bridgehead atoms. The molecule has 2 heterocycles. The van der Waals surface area contributed by atoms with Gasteiger partial charge >= 0.3 is 0 Å². The quantitative estimate of drug-likeness (QED) is 0.0615. The molecule has 0 spiro atoms. The van der Waals surface area contributed by atoms with Crippen molar-refractivity contribution >= 4 is 77.9 Å². The third-order valence-electron chi connectivity index (χ3n) is 9.44. The maximum absolute atomic E-state index is 13.4. The van der Waals surface area contributed by atoms with Crippen molar-refractivity contribution in [3.63, 3.8) is 0 Å². The van der Waals surface area contributed by atoms with Gasteiger partial charge in [0.05, 0.1) is 34.6 Å². The number of benzene rings is 4. The van der Waals surface area contributed by atoms with Gasteiger partial charge < -0.3 is 19.7 Å². The Morgan fingerprint density at radius 2 is 1.05 bits per heavy atom. The molecule has 0 saturated carbocycles. The van der Waals surface area contributed by atoms with E-state index in [0.717, 1.165) is 58.6 Å². The smallest absolute Gasteiger partial charge is 0.277 e. The van der Waals surface area contributed by atoms with E-state index in [9.17, 15) is 28.6 Å². The van der Waals surface area contributed by atoms with Crippen LogP contribution < -0.4 is 20.3 Å². The molecular weight excluding hydrogens is 946 g/mol. The molecule has 0 saturated heterocycles. The minimum atomic E-state index is -0.435. The van der Waals surface area contributed by atoms with Crippen LogP contribution >= 0.6 is 31.9 Å². The van der Waals surface area contributed by atoms with Crippen molar-refractivity contribution in [1.82, 2.24) is 20.8 Å². The Kier molecular flexibility index (Phi) is 14.3. The van der Waals surface area contributed by atoms with Gasteiger partial charge in [0, 0.05) is 36.8 Å². The van der Waals surface area contributed by atoms with Crippen molar-refractivity contribution in [2.45, 2.75) is 38.5 Å². The van der Waals surface area contributed by atoms with E-state index in [-0.39, 0.29) is 53.2 Å². The molecule has 12 nitrogen and oxygen atoms in total. The molecule has 2 aromatic heterocycles. The number of carbonyl (C=O) groups is 2. The minimum absolute atomic E-state index is 0. The van der Waals surface area contributed by atoms with Gasteiger partial charge in [0.25, 0.3) is 11.8 Å². The molecule has 59 heavy (non-hydrogen) atoms. The first kappa shape index (κ1) is 43.1. The number of pyridine rings is 2. The van der Waals surface area contributed by atoms with Crippen molar-refractivity contribution < 1.29 is 55.1 Å². The normalized spacial score (nSPS) is 12.8. The van der Waals surface area contributed by atoms with E-state index in [0.29, 0.717) is 33.3 Å². The molecule has 0 atom stereocenters. The van der Waals surface area contributed by atoms with Crippen molar-refractivity contribution in [3.05, 3.63) is 127 Å². The van der Waals surface area contributed by atoms with E-state index in [1.807, 2.05) is 24.3 Å². The molecular formula is C42H34Br2CuF2N6O6. The number of hydrogen-bond donors (Lipinski definition) is 4. The molecule has 1 radical (unpaired) electrons. The Morgan fingerprint density at radius 1 is 0.644 bits per heavy atom. The molecule has 2 aliphatic carbocycles. The molecule has 2 aliphatic rings. The molecule has 6 aromatic rings. The summed E-state index contributed by atoms with van der Waals surface area (Å²) in [7, 11) is 0. The number of nitrogens with one attached hydrogen (secondary N) is 2. The summed E-state index contributed by atoms with van der Waals surface area (Å²) < 4.78 is 40.2. The van der Waals surface area contributed by atoms with Crippen molar-refractivity contribution in [2.75, 3.05) is 13.2 Å². The summed E-state index contributed by atoms with van der Waals surface area (Å²) in [5.74, 6) is -0.787. The Hall–Kier alpha value is -5.48. The molecule has 0 aliphatic heterocycles. The molecule has 0 unspecified atom stereocenters. The first-order chi connectivity index (χ1) is 28.0. The van der Waals surface area contributed by atoms with Crippen LogP contribution in [0.15, 0.2) is 91.9 Å². The van der Waals surface area contributed by atoms with E-state index in [2.05, 4.69) is 62.9 Å². The second-order valence-corrected chi connectivity index (χ2v) is 15.1. The van der Waals surface area contributed by atoms with Gasteiger partial charge in [0.15, 0.2) is 13.2 Å². The van der Waals surface area contributed by atoms with Gasteiger partial charge in [-0.1, -0.05) is 31.9 Å². The average molecular weight is 980 g/mol. The van der Waals surface area contributed by atoms with E-state index in [4.69, 9.17) is 9.47 Å². The summed E-state index contributed by atoms with van der Waals surface area (Å²) in [6, 6.07) is 18.7. The van der Waals surface area contributed by atoms with Gasteiger partial charge in [0.2, 0.25) is 11.8 Å². The first-order valence-corrected chi connectivity index (χ1v) is 19.7. The maximum atomic E-state index is 13.4. The minimum Gasteiger partial charge on any atom is -0.493 e. The second kappa shape index (κ2) is 19.5. The Bertz CT molecular complexity index is 2450. The predicted octanol–water partition coefficient (Wildman–Crippen LogP) is 7.72. The van der Waals surface area contributed by atoms with Crippen LogP contribution in [0.25, 0.3) is 21.8 Å². The van der Waals surface area contributed by atoms with Gasteiger partial charge in [-0.05, 0) is 134 Å². The van der Waals surface area contributed by atoms with Gasteiger partial charge in [-0.25, -0.2) is 29.6 Å². The zero-order valence-corrected chi connectivity index (χ0v) is 35.0.